The predicted octanol–water partition coefficient (Wildman–Crippen LogP) is 0.790. The van der Waals surface area contributed by atoms with Crippen LogP contribution in [0.1, 0.15) is 17.1 Å². The smallest absolute Gasteiger partial charge is 0.254 e. The lowest BCUT2D eigenvalue weighted by Crippen LogP contribution is -1.99. The standard InChI is InChI=1S/C8H9N4OS/c1-4-5(2)9-8-10-6(3-13)11-12(8)7(4)14/h13H,3H2,1-2H3. The first-order valence-electron chi connectivity index (χ1n) is 4.14. The van der Waals surface area contributed by atoms with E-state index in [9.17, 15) is 0 Å². The molecular formula is C8H9N4OS. The van der Waals surface area contributed by atoms with Gasteiger partial charge in [-0.15, -0.1) is 5.10 Å². The SMILES string of the molecule is Cc1nc2nc(CO)nn2c([S])c1C. The molecule has 73 valence electrons. The zero-order valence-electron chi connectivity index (χ0n) is 7.85. The number of aromatic nitrogens is 4. The van der Waals surface area contributed by atoms with Gasteiger partial charge in [-0.1, -0.05) is 12.6 Å². The fourth-order valence-electron chi connectivity index (χ4n) is 1.17. The van der Waals surface area contributed by atoms with E-state index in [1.807, 2.05) is 13.8 Å². The van der Waals surface area contributed by atoms with Gasteiger partial charge in [-0.3, -0.25) is 0 Å². The summed E-state index contributed by atoms with van der Waals surface area (Å²) in [5, 5.41) is 13.5. The van der Waals surface area contributed by atoms with Crippen LogP contribution in [-0.2, 0) is 6.61 Å². The Balaban J connectivity index is 2.81. The van der Waals surface area contributed by atoms with Gasteiger partial charge < -0.3 is 5.11 Å². The van der Waals surface area contributed by atoms with Gasteiger partial charge in [0, 0.05) is 11.3 Å². The molecule has 6 heteroatoms. The molecule has 0 bridgehead atoms. The summed E-state index contributed by atoms with van der Waals surface area (Å²) in [4.78, 5) is 8.23. The molecule has 0 aliphatic carbocycles. The van der Waals surface area contributed by atoms with Gasteiger partial charge in [0.15, 0.2) is 5.82 Å². The van der Waals surface area contributed by atoms with Gasteiger partial charge in [-0.2, -0.15) is 9.50 Å². The summed E-state index contributed by atoms with van der Waals surface area (Å²) in [5.74, 6) is 0.788. The Bertz CT molecular complexity index is 494. The summed E-state index contributed by atoms with van der Waals surface area (Å²) >= 11 is 5.18. The van der Waals surface area contributed by atoms with E-state index in [2.05, 4.69) is 15.1 Å². The molecule has 0 atom stereocenters. The summed E-state index contributed by atoms with van der Waals surface area (Å²) in [6, 6.07) is 0. The lowest BCUT2D eigenvalue weighted by molar-refractivity contribution is 0.271. The largest absolute Gasteiger partial charge is 0.388 e. The molecule has 2 rings (SSSR count). The zero-order valence-corrected chi connectivity index (χ0v) is 8.67. The Morgan fingerprint density at radius 2 is 2.07 bits per heavy atom. The summed E-state index contributed by atoms with van der Waals surface area (Å²) in [5.41, 5.74) is 1.77. The van der Waals surface area contributed by atoms with E-state index in [-0.39, 0.29) is 6.61 Å². The molecule has 0 saturated carbocycles. The monoisotopic (exact) mass is 209 g/mol. The molecule has 0 aliphatic heterocycles. The molecule has 0 unspecified atom stereocenters. The second kappa shape index (κ2) is 3.14. The lowest BCUT2D eigenvalue weighted by Gasteiger charge is -2.02. The van der Waals surface area contributed by atoms with Crippen molar-refractivity contribution in [3.8, 4) is 0 Å². The zero-order chi connectivity index (χ0) is 10.3. The molecule has 0 aliphatic rings. The summed E-state index contributed by atoms with van der Waals surface area (Å²) < 4.78 is 1.48. The molecule has 0 fully saturated rings. The first kappa shape index (κ1) is 9.29. The van der Waals surface area contributed by atoms with Crippen LogP contribution < -0.4 is 0 Å². The van der Waals surface area contributed by atoms with E-state index < -0.39 is 0 Å². The van der Waals surface area contributed by atoms with Gasteiger partial charge in [-0.25, -0.2) is 4.98 Å². The maximum Gasteiger partial charge on any atom is 0.254 e. The fourth-order valence-corrected chi connectivity index (χ4v) is 1.44. The first-order valence-corrected chi connectivity index (χ1v) is 4.55. The van der Waals surface area contributed by atoms with E-state index in [4.69, 9.17) is 17.7 Å². The van der Waals surface area contributed by atoms with Gasteiger partial charge in [0.2, 0.25) is 0 Å². The third-order valence-corrected chi connectivity index (χ3v) is 2.58. The molecule has 0 saturated heterocycles. The van der Waals surface area contributed by atoms with Crippen LogP contribution in [-0.4, -0.2) is 24.7 Å². The predicted molar refractivity (Wildman–Crippen MR) is 52.0 cm³/mol. The van der Waals surface area contributed by atoms with Crippen molar-refractivity contribution in [1.82, 2.24) is 19.6 Å². The highest BCUT2D eigenvalue weighted by Gasteiger charge is 2.10. The van der Waals surface area contributed by atoms with Crippen molar-refractivity contribution >= 4 is 18.4 Å². The van der Waals surface area contributed by atoms with Crippen molar-refractivity contribution in [1.29, 1.82) is 0 Å². The van der Waals surface area contributed by atoms with E-state index in [1.54, 1.807) is 0 Å². The number of nitrogens with zero attached hydrogens (tertiary/aromatic N) is 4. The third-order valence-electron chi connectivity index (χ3n) is 2.10. The minimum atomic E-state index is -0.198. The number of hydrogen-bond donors (Lipinski definition) is 1. The molecule has 0 spiro atoms. The van der Waals surface area contributed by atoms with Crippen LogP contribution in [0.15, 0.2) is 5.03 Å². The molecular weight excluding hydrogens is 200 g/mol. The van der Waals surface area contributed by atoms with Crippen LogP contribution in [0.25, 0.3) is 5.78 Å². The van der Waals surface area contributed by atoms with Crippen LogP contribution in [0.2, 0.25) is 0 Å². The number of aliphatic hydroxyl groups excluding tert-OH is 1. The van der Waals surface area contributed by atoms with Crippen molar-refractivity contribution in [2.75, 3.05) is 0 Å². The highest BCUT2D eigenvalue weighted by molar-refractivity contribution is 7.80. The number of fused-ring (bicyclic) bond motifs is 1. The Labute approximate surface area is 86.2 Å². The first-order chi connectivity index (χ1) is 6.63. The minimum Gasteiger partial charge on any atom is -0.388 e. The van der Waals surface area contributed by atoms with Gasteiger partial charge in [0.05, 0.1) is 0 Å². The van der Waals surface area contributed by atoms with Gasteiger partial charge in [0.1, 0.15) is 11.6 Å². The molecule has 0 amide bonds. The van der Waals surface area contributed by atoms with Gasteiger partial charge in [0.25, 0.3) is 5.78 Å². The molecule has 1 N–H and O–H groups in total. The molecule has 2 aromatic rings. The molecule has 14 heavy (non-hydrogen) atoms. The van der Waals surface area contributed by atoms with Crippen molar-refractivity contribution in [3.63, 3.8) is 0 Å². The quantitative estimate of drug-likeness (QED) is 0.705. The Morgan fingerprint density at radius 1 is 1.36 bits per heavy atom. The lowest BCUT2D eigenvalue weighted by atomic mass is 10.3. The Morgan fingerprint density at radius 3 is 2.71 bits per heavy atom. The molecule has 1 radical (unpaired) electrons. The van der Waals surface area contributed by atoms with E-state index in [1.165, 1.54) is 4.52 Å². The summed E-state index contributed by atoms with van der Waals surface area (Å²) in [6.07, 6.45) is 0. The highest BCUT2D eigenvalue weighted by Crippen LogP contribution is 2.16. The number of aryl methyl sites for hydroxylation is 1. The average Bonchev–Trinajstić information content (AvgIpc) is 2.57. The number of hydrogen-bond acceptors (Lipinski definition) is 4. The van der Waals surface area contributed by atoms with Crippen molar-refractivity contribution < 1.29 is 5.11 Å². The van der Waals surface area contributed by atoms with Crippen LogP contribution in [0, 0.1) is 13.8 Å². The van der Waals surface area contributed by atoms with E-state index in [0.29, 0.717) is 16.6 Å². The number of rotatable bonds is 1. The molecule has 0 aromatic carbocycles. The fraction of sp³-hybridized carbons (Fsp3) is 0.375. The second-order valence-corrected chi connectivity index (χ2v) is 3.41. The molecule has 2 heterocycles. The van der Waals surface area contributed by atoms with Gasteiger partial charge in [-0.05, 0) is 13.8 Å². The minimum absolute atomic E-state index is 0.198. The third kappa shape index (κ3) is 1.23. The molecule has 2 aromatic heterocycles. The summed E-state index contributed by atoms with van der Waals surface area (Å²) in [6.45, 7) is 3.57. The van der Waals surface area contributed by atoms with Crippen LogP contribution >= 0.6 is 12.6 Å². The maximum atomic E-state index is 8.87. The van der Waals surface area contributed by atoms with E-state index in [0.717, 1.165) is 11.3 Å². The topological polar surface area (TPSA) is 63.3 Å². The van der Waals surface area contributed by atoms with Crippen LogP contribution in [0.4, 0.5) is 0 Å². The number of aliphatic hydroxyl groups is 1. The second-order valence-electron chi connectivity index (χ2n) is 3.03. The average molecular weight is 209 g/mol. The normalized spacial score (nSPS) is 11.1. The molecule has 5 nitrogen and oxygen atoms in total. The highest BCUT2D eigenvalue weighted by atomic mass is 32.1. The van der Waals surface area contributed by atoms with Crippen molar-refractivity contribution in [2.24, 2.45) is 0 Å². The van der Waals surface area contributed by atoms with Crippen molar-refractivity contribution in [3.05, 3.63) is 17.1 Å². The van der Waals surface area contributed by atoms with Crippen LogP contribution in [0.5, 0.6) is 0 Å². The van der Waals surface area contributed by atoms with Gasteiger partial charge >= 0.3 is 0 Å². The van der Waals surface area contributed by atoms with Crippen molar-refractivity contribution in [2.45, 2.75) is 25.5 Å². The Kier molecular flexibility index (Phi) is 2.09. The van der Waals surface area contributed by atoms with E-state index >= 15 is 0 Å². The summed E-state index contributed by atoms with van der Waals surface area (Å²) in [7, 11) is 0. The van der Waals surface area contributed by atoms with Crippen LogP contribution in [0.3, 0.4) is 0 Å². The maximum absolute atomic E-state index is 8.87. The Hall–Kier alpha value is -1.27.